The molecule has 0 heterocycles. The van der Waals surface area contributed by atoms with E-state index in [-0.39, 0.29) is 11.5 Å². The van der Waals surface area contributed by atoms with Crippen LogP contribution in [-0.2, 0) is 16.4 Å². The molecule has 0 aliphatic heterocycles. The minimum absolute atomic E-state index is 0.124. The summed E-state index contributed by atoms with van der Waals surface area (Å²) in [6.45, 7) is -0.276. The molecule has 0 aromatic heterocycles. The predicted octanol–water partition coefficient (Wildman–Crippen LogP) is 2.22. The Bertz CT molecular complexity index is 672. The molecule has 0 saturated carbocycles. The zero-order valence-electron chi connectivity index (χ0n) is 11.2. The van der Waals surface area contributed by atoms with Gasteiger partial charge in [0.1, 0.15) is 0 Å². The first kappa shape index (κ1) is 16.0. The summed E-state index contributed by atoms with van der Waals surface area (Å²) in [7, 11) is -3.68. The van der Waals surface area contributed by atoms with Crippen LogP contribution in [0.5, 0.6) is 0 Å². The van der Waals surface area contributed by atoms with Crippen molar-refractivity contribution < 1.29 is 13.5 Å². The molecule has 2 aromatic rings. The Morgan fingerprint density at radius 1 is 1.05 bits per heavy atom. The van der Waals surface area contributed by atoms with E-state index in [2.05, 4.69) is 4.72 Å². The van der Waals surface area contributed by atoms with E-state index in [0.717, 1.165) is 5.56 Å². The largest absolute Gasteiger partial charge is 0.395 e. The van der Waals surface area contributed by atoms with Crippen LogP contribution in [0, 0.1) is 0 Å². The van der Waals surface area contributed by atoms with Crippen LogP contribution in [0.4, 0.5) is 0 Å². The maximum Gasteiger partial charge on any atom is 0.240 e. The third-order valence-corrected chi connectivity index (χ3v) is 4.78. The summed E-state index contributed by atoms with van der Waals surface area (Å²) in [6.07, 6.45) is 0.421. The Hall–Kier alpha value is -1.40. The van der Waals surface area contributed by atoms with Crippen LogP contribution in [0.2, 0.25) is 5.02 Å². The van der Waals surface area contributed by atoms with E-state index in [1.54, 1.807) is 0 Å². The molecule has 112 valence electrons. The van der Waals surface area contributed by atoms with E-state index in [1.165, 1.54) is 24.3 Å². The highest BCUT2D eigenvalue weighted by atomic mass is 35.5. The first-order valence-electron chi connectivity index (χ1n) is 6.44. The Morgan fingerprint density at radius 3 is 2.24 bits per heavy atom. The lowest BCUT2D eigenvalue weighted by atomic mass is 10.1. The first-order chi connectivity index (χ1) is 10.0. The van der Waals surface area contributed by atoms with Gasteiger partial charge in [-0.2, -0.15) is 0 Å². The minimum Gasteiger partial charge on any atom is -0.395 e. The van der Waals surface area contributed by atoms with E-state index in [0.29, 0.717) is 11.4 Å². The molecule has 6 heteroatoms. The average Bonchev–Trinajstić information content (AvgIpc) is 2.48. The van der Waals surface area contributed by atoms with E-state index in [1.807, 2.05) is 30.3 Å². The summed E-state index contributed by atoms with van der Waals surface area (Å²) in [5.74, 6) is 0. The van der Waals surface area contributed by atoms with E-state index in [9.17, 15) is 13.5 Å². The molecule has 0 spiro atoms. The summed E-state index contributed by atoms with van der Waals surface area (Å²) in [5, 5.41) is 9.86. The highest BCUT2D eigenvalue weighted by molar-refractivity contribution is 7.89. The lowest BCUT2D eigenvalue weighted by Gasteiger charge is -2.16. The summed E-state index contributed by atoms with van der Waals surface area (Å²) in [5.41, 5.74) is 0.954. The summed E-state index contributed by atoms with van der Waals surface area (Å²) in [6, 6.07) is 14.7. The molecule has 0 aliphatic rings. The van der Waals surface area contributed by atoms with Gasteiger partial charge in [0.15, 0.2) is 0 Å². The summed E-state index contributed by atoms with van der Waals surface area (Å²) < 4.78 is 27.0. The zero-order valence-corrected chi connectivity index (χ0v) is 12.8. The molecular weight excluding hydrogens is 310 g/mol. The Morgan fingerprint density at radius 2 is 1.67 bits per heavy atom. The molecule has 0 aliphatic carbocycles. The molecule has 4 nitrogen and oxygen atoms in total. The molecular formula is C15H16ClNO3S. The second-order valence-corrected chi connectivity index (χ2v) is 6.79. The SMILES string of the molecule is O=S(=O)(N[C@@H](CO)Cc1ccccc1)c1ccc(Cl)cc1. The van der Waals surface area contributed by atoms with Crippen molar-refractivity contribution in [3.63, 3.8) is 0 Å². The smallest absolute Gasteiger partial charge is 0.240 e. The third-order valence-electron chi connectivity index (χ3n) is 2.99. The number of hydrogen-bond donors (Lipinski definition) is 2. The lowest BCUT2D eigenvalue weighted by molar-refractivity contribution is 0.256. The number of benzene rings is 2. The fourth-order valence-electron chi connectivity index (χ4n) is 1.94. The second-order valence-electron chi connectivity index (χ2n) is 4.64. The van der Waals surface area contributed by atoms with E-state index in [4.69, 9.17) is 11.6 Å². The first-order valence-corrected chi connectivity index (χ1v) is 8.30. The highest BCUT2D eigenvalue weighted by Gasteiger charge is 2.19. The van der Waals surface area contributed by atoms with Gasteiger partial charge >= 0.3 is 0 Å². The van der Waals surface area contributed by atoms with Crippen molar-refractivity contribution in [2.24, 2.45) is 0 Å². The van der Waals surface area contributed by atoms with Gasteiger partial charge in [-0.15, -0.1) is 0 Å². The zero-order chi connectivity index (χ0) is 15.3. The lowest BCUT2D eigenvalue weighted by Crippen LogP contribution is -2.39. The molecule has 1 atom stereocenters. The number of rotatable bonds is 6. The van der Waals surface area contributed by atoms with Gasteiger partial charge in [0.2, 0.25) is 10.0 Å². The highest BCUT2D eigenvalue weighted by Crippen LogP contribution is 2.15. The molecule has 0 radical (unpaired) electrons. The molecule has 2 aromatic carbocycles. The van der Waals surface area contributed by atoms with E-state index >= 15 is 0 Å². The van der Waals surface area contributed by atoms with Crippen molar-refractivity contribution in [3.05, 3.63) is 65.2 Å². The molecule has 0 saturated heterocycles. The van der Waals surface area contributed by atoms with Crippen LogP contribution < -0.4 is 4.72 Å². The van der Waals surface area contributed by atoms with Gasteiger partial charge < -0.3 is 5.11 Å². The van der Waals surface area contributed by atoms with Gasteiger partial charge in [-0.05, 0) is 36.2 Å². The van der Waals surface area contributed by atoms with Crippen molar-refractivity contribution in [1.82, 2.24) is 4.72 Å². The molecule has 0 fully saturated rings. The third kappa shape index (κ3) is 4.54. The predicted molar refractivity (Wildman–Crippen MR) is 82.8 cm³/mol. The topological polar surface area (TPSA) is 66.4 Å². The van der Waals surface area contributed by atoms with Crippen LogP contribution in [0.3, 0.4) is 0 Å². The Kier molecular flexibility index (Phi) is 5.36. The number of halogens is 1. The van der Waals surface area contributed by atoms with Gasteiger partial charge in [-0.3, -0.25) is 0 Å². The van der Waals surface area contributed by atoms with Gasteiger partial charge in [0.05, 0.1) is 11.5 Å². The van der Waals surface area contributed by atoms with Crippen molar-refractivity contribution in [1.29, 1.82) is 0 Å². The number of hydrogen-bond acceptors (Lipinski definition) is 3. The van der Waals surface area contributed by atoms with E-state index < -0.39 is 16.1 Å². The molecule has 0 amide bonds. The summed E-state index contributed by atoms with van der Waals surface area (Å²) >= 11 is 5.75. The van der Waals surface area contributed by atoms with Crippen molar-refractivity contribution in [2.75, 3.05) is 6.61 Å². The quantitative estimate of drug-likeness (QED) is 0.856. The van der Waals surface area contributed by atoms with Crippen molar-refractivity contribution >= 4 is 21.6 Å². The molecule has 2 rings (SSSR count). The van der Waals surface area contributed by atoms with Crippen LogP contribution in [0.15, 0.2) is 59.5 Å². The van der Waals surface area contributed by atoms with Crippen LogP contribution in [-0.4, -0.2) is 26.2 Å². The molecule has 21 heavy (non-hydrogen) atoms. The number of aliphatic hydroxyl groups excluding tert-OH is 1. The normalized spacial score (nSPS) is 13.0. The fraction of sp³-hybridized carbons (Fsp3) is 0.200. The van der Waals surface area contributed by atoms with Gasteiger partial charge in [-0.25, -0.2) is 13.1 Å². The Labute approximate surface area is 129 Å². The monoisotopic (exact) mass is 325 g/mol. The average molecular weight is 326 g/mol. The fourth-order valence-corrected chi connectivity index (χ4v) is 3.30. The molecule has 0 unspecified atom stereocenters. The van der Waals surface area contributed by atoms with Gasteiger partial charge in [0, 0.05) is 11.1 Å². The Balaban J connectivity index is 2.12. The number of nitrogens with one attached hydrogen (secondary N) is 1. The van der Waals surface area contributed by atoms with Crippen molar-refractivity contribution in [2.45, 2.75) is 17.4 Å². The van der Waals surface area contributed by atoms with Crippen molar-refractivity contribution in [3.8, 4) is 0 Å². The van der Waals surface area contributed by atoms with Gasteiger partial charge in [-0.1, -0.05) is 41.9 Å². The standard InChI is InChI=1S/C15H16ClNO3S/c16-13-6-8-15(9-7-13)21(19,20)17-14(11-18)10-12-4-2-1-3-5-12/h1-9,14,17-18H,10-11H2/t14-/m1/s1. The number of aliphatic hydroxyl groups is 1. The summed E-state index contributed by atoms with van der Waals surface area (Å²) in [4.78, 5) is 0.124. The maximum atomic E-state index is 12.2. The maximum absolute atomic E-state index is 12.2. The van der Waals surface area contributed by atoms with Crippen LogP contribution >= 0.6 is 11.6 Å². The van der Waals surface area contributed by atoms with Gasteiger partial charge in [0.25, 0.3) is 0 Å². The van der Waals surface area contributed by atoms with Crippen LogP contribution in [0.25, 0.3) is 0 Å². The molecule has 0 bridgehead atoms. The minimum atomic E-state index is -3.68. The molecule has 2 N–H and O–H groups in total. The second kappa shape index (κ2) is 7.04. The number of sulfonamides is 1. The van der Waals surface area contributed by atoms with Crippen LogP contribution in [0.1, 0.15) is 5.56 Å².